The maximum Gasteiger partial charge on any atom is 0.0895 e. The predicted octanol–water partition coefficient (Wildman–Crippen LogP) is 2.22. The van der Waals surface area contributed by atoms with Crippen LogP contribution >= 0.6 is 0 Å². The van der Waals surface area contributed by atoms with Crippen LogP contribution in [0.3, 0.4) is 0 Å². The Morgan fingerprint density at radius 2 is 1.90 bits per heavy atom. The maximum atomic E-state index is 4.10. The summed E-state index contributed by atoms with van der Waals surface area (Å²) in [6, 6.07) is 3.01. The minimum atomic E-state index is 0.343. The zero-order valence-electron chi connectivity index (χ0n) is 7.26. The van der Waals surface area contributed by atoms with E-state index in [0.29, 0.717) is 12.0 Å². The van der Waals surface area contributed by atoms with Gasteiger partial charge in [0.1, 0.15) is 0 Å². The van der Waals surface area contributed by atoms with Crippen molar-refractivity contribution in [2.45, 2.75) is 33.7 Å². The fraction of sp³-hybridized carbons (Fsp3) is 0.875. The van der Waals surface area contributed by atoms with Crippen LogP contribution < -0.4 is 0 Å². The molecule has 1 unspecified atom stereocenters. The van der Waals surface area contributed by atoms with E-state index in [1.165, 1.54) is 0 Å². The molecule has 0 saturated heterocycles. The van der Waals surface area contributed by atoms with Crippen molar-refractivity contribution in [3.8, 4) is 0 Å². The summed E-state index contributed by atoms with van der Waals surface area (Å²) >= 11 is 0. The molecule has 0 aliphatic rings. The lowest BCUT2D eigenvalue weighted by Gasteiger charge is -2.05. The Balaban J connectivity index is 3.77. The van der Waals surface area contributed by atoms with Gasteiger partial charge in [0.15, 0.2) is 0 Å². The molecule has 0 rings (SSSR count). The van der Waals surface area contributed by atoms with Crippen molar-refractivity contribution < 1.29 is 0 Å². The van der Waals surface area contributed by atoms with E-state index in [1.54, 1.807) is 0 Å². The van der Waals surface area contributed by atoms with Gasteiger partial charge < -0.3 is 0 Å². The van der Waals surface area contributed by atoms with Gasteiger partial charge >= 0.3 is 0 Å². The minimum absolute atomic E-state index is 0.343. The molecule has 0 aromatic carbocycles. The Bertz CT molecular complexity index is 132. The molecule has 2 heteroatoms. The van der Waals surface area contributed by atoms with E-state index >= 15 is 0 Å². The lowest BCUT2D eigenvalue weighted by Crippen LogP contribution is -2.06. The molecule has 0 radical (unpaired) electrons. The standard InChI is InChI=1S/C8H16N2/c1-5-9-6-10-8(4)7(2)3/h7-8H,5H2,1-4H3. The van der Waals surface area contributed by atoms with Crippen LogP contribution in [0.2, 0.25) is 0 Å². The third kappa shape index (κ3) is 4.28. The lowest BCUT2D eigenvalue weighted by atomic mass is 10.1. The average molecular weight is 140 g/mol. The second-order valence-corrected chi connectivity index (χ2v) is 2.69. The van der Waals surface area contributed by atoms with Crippen LogP contribution in [0.5, 0.6) is 0 Å². The quantitative estimate of drug-likeness (QED) is 0.537. The van der Waals surface area contributed by atoms with E-state index in [1.807, 2.05) is 6.92 Å². The minimum Gasteiger partial charge on any atom is -0.226 e. The predicted molar refractivity (Wildman–Crippen MR) is 44.7 cm³/mol. The van der Waals surface area contributed by atoms with E-state index in [0.717, 1.165) is 6.54 Å². The molecule has 0 amide bonds. The molecule has 2 nitrogen and oxygen atoms in total. The highest BCUT2D eigenvalue weighted by Gasteiger charge is 2.01. The zero-order valence-corrected chi connectivity index (χ0v) is 7.26. The molecule has 0 N–H and O–H groups in total. The second kappa shape index (κ2) is 5.19. The third-order valence-electron chi connectivity index (χ3n) is 1.46. The Morgan fingerprint density at radius 3 is 2.30 bits per heavy atom. The first-order chi connectivity index (χ1) is 4.68. The van der Waals surface area contributed by atoms with Gasteiger partial charge in [-0.15, -0.1) is 0 Å². The van der Waals surface area contributed by atoms with Crippen LogP contribution in [-0.4, -0.2) is 18.6 Å². The Labute approximate surface area is 63.1 Å². The van der Waals surface area contributed by atoms with Gasteiger partial charge in [0.2, 0.25) is 0 Å². The Morgan fingerprint density at radius 1 is 1.30 bits per heavy atom. The van der Waals surface area contributed by atoms with Gasteiger partial charge in [0.05, 0.1) is 12.1 Å². The smallest absolute Gasteiger partial charge is 0.0895 e. The highest BCUT2D eigenvalue weighted by molar-refractivity contribution is 5.41. The fourth-order valence-corrected chi connectivity index (χ4v) is 0.352. The van der Waals surface area contributed by atoms with Gasteiger partial charge in [-0.2, -0.15) is 0 Å². The molecule has 10 heavy (non-hydrogen) atoms. The summed E-state index contributed by atoms with van der Waals surface area (Å²) < 4.78 is 0. The Hall–Kier alpha value is -0.620. The van der Waals surface area contributed by atoms with Gasteiger partial charge in [-0.25, -0.2) is 9.98 Å². The first-order valence-corrected chi connectivity index (χ1v) is 3.79. The molecule has 0 bridgehead atoms. The number of hydrogen-bond acceptors (Lipinski definition) is 2. The number of aliphatic imine (C=N–C) groups is 2. The van der Waals surface area contributed by atoms with Crippen LogP contribution in [0.25, 0.3) is 0 Å². The fourth-order valence-electron chi connectivity index (χ4n) is 0.352. The van der Waals surface area contributed by atoms with Crippen molar-refractivity contribution >= 4 is 6.01 Å². The summed E-state index contributed by atoms with van der Waals surface area (Å²) in [5.41, 5.74) is 0. The third-order valence-corrected chi connectivity index (χ3v) is 1.46. The second-order valence-electron chi connectivity index (χ2n) is 2.69. The van der Waals surface area contributed by atoms with E-state index in [4.69, 9.17) is 0 Å². The Kier molecular flexibility index (Phi) is 4.87. The average Bonchev–Trinajstić information content (AvgIpc) is 1.88. The van der Waals surface area contributed by atoms with E-state index in [9.17, 15) is 0 Å². The maximum absolute atomic E-state index is 4.10. The summed E-state index contributed by atoms with van der Waals surface area (Å²) in [6.45, 7) is 9.10. The van der Waals surface area contributed by atoms with Crippen molar-refractivity contribution in [3.05, 3.63) is 0 Å². The molecule has 0 fully saturated rings. The summed E-state index contributed by atoms with van der Waals surface area (Å²) in [7, 11) is 0. The van der Waals surface area contributed by atoms with Gasteiger partial charge in [-0.1, -0.05) is 13.8 Å². The van der Waals surface area contributed by atoms with Crippen LogP contribution in [0, 0.1) is 5.92 Å². The SMILES string of the molecule is CCN=C=NC(C)C(C)C. The molecular formula is C8H16N2. The van der Waals surface area contributed by atoms with Crippen molar-refractivity contribution in [2.24, 2.45) is 15.9 Å². The molecule has 0 spiro atoms. The van der Waals surface area contributed by atoms with Crippen molar-refractivity contribution in [1.29, 1.82) is 0 Å². The van der Waals surface area contributed by atoms with E-state index in [2.05, 4.69) is 36.8 Å². The molecule has 58 valence electrons. The van der Waals surface area contributed by atoms with Crippen LogP contribution in [0.15, 0.2) is 9.98 Å². The van der Waals surface area contributed by atoms with Gasteiger partial charge in [0, 0.05) is 6.54 Å². The van der Waals surface area contributed by atoms with Gasteiger partial charge in [0.25, 0.3) is 0 Å². The van der Waals surface area contributed by atoms with Crippen molar-refractivity contribution in [2.75, 3.05) is 6.54 Å². The molecule has 0 aliphatic carbocycles. The number of rotatable bonds is 3. The summed E-state index contributed by atoms with van der Waals surface area (Å²) in [5, 5.41) is 0. The highest BCUT2D eigenvalue weighted by Crippen LogP contribution is 2.02. The molecule has 0 heterocycles. The molecule has 0 aromatic heterocycles. The monoisotopic (exact) mass is 140 g/mol. The van der Waals surface area contributed by atoms with Crippen LogP contribution in [-0.2, 0) is 0 Å². The highest BCUT2D eigenvalue weighted by atomic mass is 14.8. The van der Waals surface area contributed by atoms with Gasteiger partial charge in [-0.3, -0.25) is 0 Å². The molecule has 0 aromatic rings. The number of nitrogens with zero attached hydrogens (tertiary/aromatic N) is 2. The molecule has 0 aliphatic heterocycles. The first-order valence-electron chi connectivity index (χ1n) is 3.79. The van der Waals surface area contributed by atoms with Crippen LogP contribution in [0.4, 0.5) is 0 Å². The number of hydrogen-bond donors (Lipinski definition) is 0. The summed E-state index contributed by atoms with van der Waals surface area (Å²) in [4.78, 5) is 7.97. The summed E-state index contributed by atoms with van der Waals surface area (Å²) in [6.07, 6.45) is 0. The zero-order chi connectivity index (χ0) is 7.98. The van der Waals surface area contributed by atoms with E-state index < -0.39 is 0 Å². The normalized spacial score (nSPS) is 12.5. The lowest BCUT2D eigenvalue weighted by molar-refractivity contribution is 0.533. The topological polar surface area (TPSA) is 24.7 Å². The van der Waals surface area contributed by atoms with Crippen molar-refractivity contribution in [1.82, 2.24) is 0 Å². The summed E-state index contributed by atoms with van der Waals surface area (Å²) in [5.74, 6) is 0.583. The molecular weight excluding hydrogens is 124 g/mol. The first kappa shape index (κ1) is 9.38. The molecule has 0 saturated carbocycles. The molecule has 1 atom stereocenters. The van der Waals surface area contributed by atoms with Gasteiger partial charge in [-0.05, 0) is 19.8 Å². The van der Waals surface area contributed by atoms with E-state index in [-0.39, 0.29) is 0 Å². The van der Waals surface area contributed by atoms with Crippen LogP contribution in [0.1, 0.15) is 27.7 Å². The largest absolute Gasteiger partial charge is 0.226 e. The van der Waals surface area contributed by atoms with Crippen molar-refractivity contribution in [3.63, 3.8) is 0 Å².